The Morgan fingerprint density at radius 2 is 2.00 bits per heavy atom. The van der Waals surface area contributed by atoms with Crippen LogP contribution in [-0.2, 0) is 11.3 Å². The van der Waals surface area contributed by atoms with Crippen LogP contribution in [0.15, 0.2) is 34.7 Å². The first-order valence-electron chi connectivity index (χ1n) is 6.34. The van der Waals surface area contributed by atoms with Gasteiger partial charge in [0.05, 0.1) is 17.9 Å². The average Bonchev–Trinajstić information content (AvgIpc) is 2.84. The number of furan rings is 1. The molecular weight excluding hydrogens is 276 g/mol. The summed E-state index contributed by atoms with van der Waals surface area (Å²) in [5, 5.41) is 6.03. The molecule has 1 amide bonds. The summed E-state index contributed by atoms with van der Waals surface area (Å²) in [7, 11) is 0. The van der Waals surface area contributed by atoms with E-state index in [1.165, 1.54) is 0 Å². The van der Waals surface area contributed by atoms with Crippen molar-refractivity contribution in [1.82, 2.24) is 0 Å². The smallest absolute Gasteiger partial charge is 0.239 e. The van der Waals surface area contributed by atoms with Gasteiger partial charge in [-0.1, -0.05) is 6.07 Å². The number of nitrogens with one attached hydrogen (secondary N) is 2. The molecule has 106 valence electrons. The van der Waals surface area contributed by atoms with Gasteiger partial charge in [0.25, 0.3) is 0 Å². The highest BCUT2D eigenvalue weighted by Crippen LogP contribution is 2.24. The van der Waals surface area contributed by atoms with Crippen LogP contribution in [0.4, 0.5) is 11.4 Å². The van der Waals surface area contributed by atoms with Crippen molar-refractivity contribution < 1.29 is 9.21 Å². The molecule has 0 radical (unpaired) electrons. The number of carbonyl (C=O) groups excluding carboxylic acids is 1. The Kier molecular flexibility index (Phi) is 4.69. The van der Waals surface area contributed by atoms with Gasteiger partial charge in [-0.3, -0.25) is 4.79 Å². The van der Waals surface area contributed by atoms with Crippen molar-refractivity contribution in [2.75, 3.05) is 16.5 Å². The van der Waals surface area contributed by atoms with Crippen molar-refractivity contribution in [2.24, 2.45) is 0 Å². The second-order valence-electron chi connectivity index (χ2n) is 4.60. The van der Waals surface area contributed by atoms with Crippen molar-refractivity contribution in [3.05, 3.63) is 47.4 Å². The van der Waals surface area contributed by atoms with E-state index in [2.05, 4.69) is 10.6 Å². The van der Waals surface area contributed by atoms with E-state index in [9.17, 15) is 4.79 Å². The lowest BCUT2D eigenvalue weighted by Gasteiger charge is -2.12. The lowest BCUT2D eigenvalue weighted by atomic mass is 10.2. The third-order valence-electron chi connectivity index (χ3n) is 2.82. The maximum atomic E-state index is 11.4. The molecule has 0 atom stereocenters. The van der Waals surface area contributed by atoms with E-state index in [4.69, 9.17) is 16.0 Å². The minimum atomic E-state index is -0.229. The van der Waals surface area contributed by atoms with Crippen LogP contribution in [0.2, 0.25) is 0 Å². The zero-order valence-corrected chi connectivity index (χ0v) is 12.3. The maximum absolute atomic E-state index is 11.4. The van der Waals surface area contributed by atoms with Crippen LogP contribution >= 0.6 is 11.6 Å². The number of aryl methyl sites for hydroxylation is 2. The third-order valence-corrected chi connectivity index (χ3v) is 3.06. The molecule has 2 aromatic rings. The van der Waals surface area contributed by atoms with E-state index in [1.54, 1.807) is 0 Å². The van der Waals surface area contributed by atoms with E-state index >= 15 is 0 Å². The molecule has 2 rings (SSSR count). The molecular formula is C15H17ClN2O2. The molecule has 0 unspecified atom stereocenters. The molecule has 0 bridgehead atoms. The predicted octanol–water partition coefficient (Wildman–Crippen LogP) is 3.69. The lowest BCUT2D eigenvalue weighted by molar-refractivity contribution is -0.113. The fraction of sp³-hybridized carbons (Fsp3) is 0.267. The Hall–Kier alpha value is -1.94. The molecule has 20 heavy (non-hydrogen) atoms. The van der Waals surface area contributed by atoms with Crippen molar-refractivity contribution in [3.8, 4) is 0 Å². The van der Waals surface area contributed by atoms with Gasteiger partial charge in [0.1, 0.15) is 17.4 Å². The Morgan fingerprint density at radius 1 is 1.20 bits per heavy atom. The number of halogens is 1. The van der Waals surface area contributed by atoms with E-state index in [0.29, 0.717) is 12.2 Å². The number of alkyl halides is 1. The van der Waals surface area contributed by atoms with Crippen LogP contribution in [0.1, 0.15) is 17.1 Å². The molecule has 0 saturated carbocycles. The predicted molar refractivity (Wildman–Crippen MR) is 81.3 cm³/mol. The van der Waals surface area contributed by atoms with Gasteiger partial charge in [0.15, 0.2) is 0 Å². The normalized spacial score (nSPS) is 10.3. The van der Waals surface area contributed by atoms with Crippen LogP contribution in [-0.4, -0.2) is 11.8 Å². The van der Waals surface area contributed by atoms with Gasteiger partial charge in [-0.15, -0.1) is 11.6 Å². The van der Waals surface area contributed by atoms with Crippen molar-refractivity contribution >= 4 is 28.9 Å². The summed E-state index contributed by atoms with van der Waals surface area (Å²) in [6, 6.07) is 9.61. The Balaban J connectivity index is 2.12. The number of hydrogen-bond donors (Lipinski definition) is 2. The Morgan fingerprint density at radius 3 is 2.65 bits per heavy atom. The molecule has 0 saturated heterocycles. The van der Waals surface area contributed by atoms with Crippen molar-refractivity contribution in [3.63, 3.8) is 0 Å². The molecule has 0 fully saturated rings. The summed E-state index contributed by atoms with van der Waals surface area (Å²) >= 11 is 5.51. The highest BCUT2D eigenvalue weighted by Gasteiger charge is 2.07. The largest absolute Gasteiger partial charge is 0.465 e. The molecule has 5 heteroatoms. The molecule has 1 aromatic carbocycles. The molecule has 4 nitrogen and oxygen atoms in total. The van der Waals surface area contributed by atoms with Crippen LogP contribution in [0, 0.1) is 13.8 Å². The molecule has 0 aliphatic carbocycles. The summed E-state index contributed by atoms with van der Waals surface area (Å²) in [6.45, 7) is 4.46. The summed E-state index contributed by atoms with van der Waals surface area (Å²) < 4.78 is 5.51. The number of rotatable bonds is 5. The van der Waals surface area contributed by atoms with Gasteiger partial charge >= 0.3 is 0 Å². The molecule has 0 aliphatic heterocycles. The zero-order chi connectivity index (χ0) is 14.5. The lowest BCUT2D eigenvalue weighted by Crippen LogP contribution is -2.14. The summed E-state index contributed by atoms with van der Waals surface area (Å²) in [5.74, 6) is 1.43. The minimum absolute atomic E-state index is 0.0648. The first-order valence-corrected chi connectivity index (χ1v) is 6.87. The van der Waals surface area contributed by atoms with Gasteiger partial charge in [-0.05, 0) is 43.7 Å². The van der Waals surface area contributed by atoms with E-state index in [1.807, 2.05) is 44.2 Å². The Bertz CT molecular complexity index is 608. The fourth-order valence-corrected chi connectivity index (χ4v) is 1.93. The SMILES string of the molecule is Cc1ccc(NC(=O)CCl)c(NCc2ccc(C)o2)c1. The van der Waals surface area contributed by atoms with Crippen LogP contribution in [0.25, 0.3) is 0 Å². The van der Waals surface area contributed by atoms with Gasteiger partial charge in [-0.25, -0.2) is 0 Å². The molecule has 0 aliphatic rings. The zero-order valence-electron chi connectivity index (χ0n) is 11.5. The topological polar surface area (TPSA) is 54.3 Å². The van der Waals surface area contributed by atoms with Crippen molar-refractivity contribution in [1.29, 1.82) is 0 Å². The van der Waals surface area contributed by atoms with Crippen molar-refractivity contribution in [2.45, 2.75) is 20.4 Å². The van der Waals surface area contributed by atoms with E-state index < -0.39 is 0 Å². The standard InChI is InChI=1S/C15H17ClN2O2/c1-10-3-6-13(18-15(19)8-16)14(7-10)17-9-12-5-4-11(2)20-12/h3-7,17H,8-9H2,1-2H3,(H,18,19). The van der Waals surface area contributed by atoms with Crippen LogP contribution in [0.3, 0.4) is 0 Å². The van der Waals surface area contributed by atoms with Gasteiger partial charge in [0.2, 0.25) is 5.91 Å². The molecule has 1 aromatic heterocycles. The molecule has 0 spiro atoms. The quantitative estimate of drug-likeness (QED) is 0.827. The van der Waals surface area contributed by atoms with Gasteiger partial charge < -0.3 is 15.1 Å². The number of carbonyl (C=O) groups is 1. The fourth-order valence-electron chi connectivity index (χ4n) is 1.86. The summed E-state index contributed by atoms with van der Waals surface area (Å²) in [4.78, 5) is 11.4. The maximum Gasteiger partial charge on any atom is 0.239 e. The number of amides is 1. The first-order chi connectivity index (χ1) is 9.58. The third kappa shape index (κ3) is 3.78. The number of hydrogen-bond acceptors (Lipinski definition) is 3. The highest BCUT2D eigenvalue weighted by molar-refractivity contribution is 6.29. The van der Waals surface area contributed by atoms with Gasteiger partial charge in [-0.2, -0.15) is 0 Å². The molecule has 2 N–H and O–H groups in total. The number of anilines is 2. The van der Waals surface area contributed by atoms with E-state index in [0.717, 1.165) is 22.8 Å². The average molecular weight is 293 g/mol. The minimum Gasteiger partial charge on any atom is -0.465 e. The monoisotopic (exact) mass is 292 g/mol. The Labute approximate surface area is 123 Å². The van der Waals surface area contributed by atoms with E-state index in [-0.39, 0.29) is 11.8 Å². The second-order valence-corrected chi connectivity index (χ2v) is 4.86. The summed E-state index contributed by atoms with van der Waals surface area (Å²) in [6.07, 6.45) is 0. The van der Waals surface area contributed by atoms with Crippen LogP contribution in [0.5, 0.6) is 0 Å². The highest BCUT2D eigenvalue weighted by atomic mass is 35.5. The van der Waals surface area contributed by atoms with Crippen LogP contribution < -0.4 is 10.6 Å². The summed E-state index contributed by atoms with van der Waals surface area (Å²) in [5.41, 5.74) is 2.66. The second kappa shape index (κ2) is 6.48. The first kappa shape index (κ1) is 14.5. The number of benzene rings is 1. The molecule has 1 heterocycles. The van der Waals surface area contributed by atoms with Gasteiger partial charge in [0, 0.05) is 0 Å².